The van der Waals surface area contributed by atoms with Crippen LogP contribution in [0.1, 0.15) is 38.4 Å². The van der Waals surface area contributed by atoms with Crippen LogP contribution in [0.4, 0.5) is 5.69 Å². The van der Waals surface area contributed by atoms with Gasteiger partial charge in [-0.1, -0.05) is 25.0 Å². The molecule has 2 aromatic rings. The normalized spacial score (nSPS) is 15.5. The van der Waals surface area contributed by atoms with Crippen molar-refractivity contribution in [2.45, 2.75) is 45.6 Å². The summed E-state index contributed by atoms with van der Waals surface area (Å²) >= 11 is 0. The Kier molecular flexibility index (Phi) is 5.61. The van der Waals surface area contributed by atoms with Crippen molar-refractivity contribution in [3.05, 3.63) is 42.4 Å². The molecule has 3 rings (SSSR count). The van der Waals surface area contributed by atoms with Gasteiger partial charge in [0.05, 0.1) is 5.69 Å². The van der Waals surface area contributed by atoms with Crippen molar-refractivity contribution in [3.63, 3.8) is 0 Å². The molecular formula is C20H24N4O2. The Morgan fingerprint density at radius 2 is 1.96 bits per heavy atom. The first-order chi connectivity index (χ1) is 12.5. The molecule has 1 saturated carbocycles. The molecule has 6 nitrogen and oxygen atoms in total. The Balaban J connectivity index is 1.63. The lowest BCUT2D eigenvalue weighted by molar-refractivity contribution is -0.128. The summed E-state index contributed by atoms with van der Waals surface area (Å²) in [6, 6.07) is 8.74. The molecule has 1 fully saturated rings. The van der Waals surface area contributed by atoms with Gasteiger partial charge in [0, 0.05) is 23.4 Å². The van der Waals surface area contributed by atoms with Gasteiger partial charge in [0.25, 0.3) is 0 Å². The largest absolute Gasteiger partial charge is 0.344 e. The molecule has 1 aliphatic carbocycles. The molecular weight excluding hydrogens is 328 g/mol. The standard InChI is InChI=1S/C20H24N4O2/c1-13(22-20(26)15-6-3-4-7-15)19(25)24-17-9-5-8-16(12-17)18-10-11-21-14(2)23-18/h5,8-13,15H,3-4,6-7H2,1-2H3,(H,22,26)(H,24,25)/t13-/m0/s1. The molecule has 0 unspecified atom stereocenters. The maximum atomic E-state index is 12.4. The van der Waals surface area contributed by atoms with Gasteiger partial charge in [0.2, 0.25) is 11.8 Å². The molecule has 1 aromatic carbocycles. The fourth-order valence-electron chi connectivity index (χ4n) is 3.21. The lowest BCUT2D eigenvalue weighted by Crippen LogP contribution is -2.43. The van der Waals surface area contributed by atoms with Crippen LogP contribution >= 0.6 is 0 Å². The van der Waals surface area contributed by atoms with Crippen LogP contribution in [0, 0.1) is 12.8 Å². The average molecular weight is 352 g/mol. The molecule has 0 spiro atoms. The summed E-state index contributed by atoms with van der Waals surface area (Å²) in [7, 11) is 0. The van der Waals surface area contributed by atoms with E-state index in [-0.39, 0.29) is 17.7 Å². The van der Waals surface area contributed by atoms with Crippen LogP contribution < -0.4 is 10.6 Å². The van der Waals surface area contributed by atoms with Crippen molar-refractivity contribution in [1.29, 1.82) is 0 Å². The van der Waals surface area contributed by atoms with Crippen molar-refractivity contribution in [2.75, 3.05) is 5.32 Å². The predicted octanol–water partition coefficient (Wildman–Crippen LogP) is 3.09. The van der Waals surface area contributed by atoms with E-state index in [1.54, 1.807) is 13.1 Å². The zero-order valence-electron chi connectivity index (χ0n) is 15.2. The molecule has 1 aliphatic rings. The van der Waals surface area contributed by atoms with Gasteiger partial charge in [-0.15, -0.1) is 0 Å². The van der Waals surface area contributed by atoms with E-state index in [1.165, 1.54) is 0 Å². The third-order valence-corrected chi connectivity index (χ3v) is 4.68. The van der Waals surface area contributed by atoms with E-state index in [0.717, 1.165) is 36.9 Å². The molecule has 0 aliphatic heterocycles. The van der Waals surface area contributed by atoms with Gasteiger partial charge < -0.3 is 10.6 Å². The number of benzene rings is 1. The highest BCUT2D eigenvalue weighted by Gasteiger charge is 2.25. The fraction of sp³-hybridized carbons (Fsp3) is 0.400. The number of carbonyl (C=O) groups is 2. The lowest BCUT2D eigenvalue weighted by Gasteiger charge is -2.17. The summed E-state index contributed by atoms with van der Waals surface area (Å²) in [5.74, 6) is 0.498. The van der Waals surface area contributed by atoms with Gasteiger partial charge in [-0.3, -0.25) is 9.59 Å². The Labute approximate surface area is 153 Å². The van der Waals surface area contributed by atoms with E-state index >= 15 is 0 Å². The van der Waals surface area contributed by atoms with Gasteiger partial charge in [0.1, 0.15) is 11.9 Å². The van der Waals surface area contributed by atoms with E-state index < -0.39 is 6.04 Å². The Morgan fingerprint density at radius 3 is 2.69 bits per heavy atom. The van der Waals surface area contributed by atoms with E-state index in [0.29, 0.717) is 11.5 Å². The van der Waals surface area contributed by atoms with E-state index in [4.69, 9.17) is 0 Å². The number of carbonyl (C=O) groups excluding carboxylic acids is 2. The van der Waals surface area contributed by atoms with Crippen molar-refractivity contribution in [2.24, 2.45) is 5.92 Å². The fourth-order valence-corrected chi connectivity index (χ4v) is 3.21. The molecule has 1 heterocycles. The zero-order valence-corrected chi connectivity index (χ0v) is 15.2. The second-order valence-corrected chi connectivity index (χ2v) is 6.77. The summed E-state index contributed by atoms with van der Waals surface area (Å²) in [6.07, 6.45) is 5.73. The maximum Gasteiger partial charge on any atom is 0.246 e. The molecule has 1 aromatic heterocycles. The number of rotatable bonds is 5. The number of aromatic nitrogens is 2. The molecule has 1 atom stereocenters. The highest BCUT2D eigenvalue weighted by Crippen LogP contribution is 2.25. The molecule has 0 saturated heterocycles. The van der Waals surface area contributed by atoms with Crippen molar-refractivity contribution < 1.29 is 9.59 Å². The highest BCUT2D eigenvalue weighted by molar-refractivity contribution is 5.97. The lowest BCUT2D eigenvalue weighted by atomic mass is 10.1. The van der Waals surface area contributed by atoms with Crippen molar-refractivity contribution >= 4 is 17.5 Å². The minimum absolute atomic E-state index is 0.0182. The third-order valence-electron chi connectivity index (χ3n) is 4.68. The van der Waals surface area contributed by atoms with Crippen LogP contribution in [0.5, 0.6) is 0 Å². The van der Waals surface area contributed by atoms with Crippen molar-refractivity contribution in [1.82, 2.24) is 15.3 Å². The first-order valence-electron chi connectivity index (χ1n) is 9.04. The van der Waals surface area contributed by atoms with Gasteiger partial charge >= 0.3 is 0 Å². The number of aryl methyl sites for hydroxylation is 1. The van der Waals surface area contributed by atoms with Gasteiger partial charge in [-0.2, -0.15) is 0 Å². The smallest absolute Gasteiger partial charge is 0.246 e. The monoisotopic (exact) mass is 352 g/mol. The van der Waals surface area contributed by atoms with Crippen LogP contribution in [-0.4, -0.2) is 27.8 Å². The minimum Gasteiger partial charge on any atom is -0.344 e. The molecule has 6 heteroatoms. The second-order valence-electron chi connectivity index (χ2n) is 6.77. The summed E-state index contributed by atoms with van der Waals surface area (Å²) in [5, 5.41) is 5.69. The Morgan fingerprint density at radius 1 is 1.19 bits per heavy atom. The molecule has 26 heavy (non-hydrogen) atoms. The Bertz CT molecular complexity index is 800. The first-order valence-corrected chi connectivity index (χ1v) is 9.04. The molecule has 136 valence electrons. The maximum absolute atomic E-state index is 12.4. The SMILES string of the molecule is Cc1nccc(-c2cccc(NC(=O)[C@H](C)NC(=O)C3CCCC3)c2)n1. The van der Waals surface area contributed by atoms with Crippen LogP contribution in [0.3, 0.4) is 0 Å². The Hall–Kier alpha value is -2.76. The summed E-state index contributed by atoms with van der Waals surface area (Å²) < 4.78 is 0. The number of hydrogen-bond acceptors (Lipinski definition) is 4. The van der Waals surface area contributed by atoms with Crippen molar-refractivity contribution in [3.8, 4) is 11.3 Å². The van der Waals surface area contributed by atoms with Gasteiger partial charge in [-0.05, 0) is 44.9 Å². The first kappa shape index (κ1) is 18.0. The number of amides is 2. The van der Waals surface area contributed by atoms with Crippen LogP contribution in [0.15, 0.2) is 36.5 Å². The topological polar surface area (TPSA) is 84.0 Å². The second kappa shape index (κ2) is 8.08. The molecule has 2 N–H and O–H groups in total. The van der Waals surface area contributed by atoms with Gasteiger partial charge in [-0.25, -0.2) is 9.97 Å². The number of hydrogen-bond donors (Lipinski definition) is 2. The number of anilines is 1. The van der Waals surface area contributed by atoms with Crippen LogP contribution in [-0.2, 0) is 9.59 Å². The minimum atomic E-state index is -0.576. The van der Waals surface area contributed by atoms with Crippen LogP contribution in [0.2, 0.25) is 0 Å². The third kappa shape index (κ3) is 4.45. The molecule has 0 radical (unpaired) electrons. The van der Waals surface area contributed by atoms with E-state index in [1.807, 2.05) is 37.3 Å². The molecule has 0 bridgehead atoms. The molecule has 2 amide bonds. The number of nitrogens with one attached hydrogen (secondary N) is 2. The van der Waals surface area contributed by atoms with Crippen LogP contribution in [0.25, 0.3) is 11.3 Å². The summed E-state index contributed by atoms with van der Waals surface area (Å²) in [4.78, 5) is 33.1. The predicted molar refractivity (Wildman–Crippen MR) is 100 cm³/mol. The van der Waals surface area contributed by atoms with E-state index in [9.17, 15) is 9.59 Å². The number of nitrogens with zero attached hydrogens (tertiary/aromatic N) is 2. The highest BCUT2D eigenvalue weighted by atomic mass is 16.2. The summed E-state index contributed by atoms with van der Waals surface area (Å²) in [5.41, 5.74) is 2.37. The summed E-state index contributed by atoms with van der Waals surface area (Å²) in [6.45, 7) is 3.55. The van der Waals surface area contributed by atoms with Gasteiger partial charge in [0.15, 0.2) is 0 Å². The average Bonchev–Trinajstić information content (AvgIpc) is 3.16. The zero-order chi connectivity index (χ0) is 18.5. The van der Waals surface area contributed by atoms with E-state index in [2.05, 4.69) is 20.6 Å². The quantitative estimate of drug-likeness (QED) is 0.866.